The van der Waals surface area contributed by atoms with Crippen molar-refractivity contribution in [1.29, 1.82) is 0 Å². The van der Waals surface area contributed by atoms with Gasteiger partial charge in [-0.25, -0.2) is 15.0 Å². The second-order valence-electron chi connectivity index (χ2n) is 12.8. The Balaban J connectivity index is 1.23. The molecule has 50 heavy (non-hydrogen) atoms. The second kappa shape index (κ2) is 11.5. The van der Waals surface area contributed by atoms with Crippen molar-refractivity contribution < 1.29 is 0 Å². The van der Waals surface area contributed by atoms with E-state index in [2.05, 4.69) is 156 Å². The normalized spacial score (nSPS) is 11.7. The average molecular weight is 639 g/mol. The quantitative estimate of drug-likeness (QED) is 0.176. The lowest BCUT2D eigenvalue weighted by molar-refractivity contribution is 0.927. The summed E-state index contributed by atoms with van der Waals surface area (Å²) in [5.74, 6) is 2.07. The number of aromatic nitrogens is 4. The number of rotatable bonds is 5. The predicted molar refractivity (Wildman–Crippen MR) is 207 cm³/mol. The lowest BCUT2D eigenvalue weighted by atomic mass is 9.97. The van der Waals surface area contributed by atoms with E-state index in [1.165, 1.54) is 43.4 Å². The number of nitrogens with zero attached hydrogens (tertiary/aromatic N) is 4. The summed E-state index contributed by atoms with van der Waals surface area (Å²) in [5.41, 5.74) is 6.59. The van der Waals surface area contributed by atoms with Crippen molar-refractivity contribution in [2.45, 2.75) is 6.42 Å². The van der Waals surface area contributed by atoms with Crippen LogP contribution < -0.4 is 0 Å². The predicted octanol–water partition coefficient (Wildman–Crippen LogP) is 11.4. The Kier molecular flexibility index (Phi) is 6.53. The van der Waals surface area contributed by atoms with Crippen LogP contribution in [-0.4, -0.2) is 19.5 Å². The molecule has 0 aliphatic rings. The van der Waals surface area contributed by atoms with Crippen LogP contribution in [0.1, 0.15) is 11.4 Å². The lowest BCUT2D eigenvalue weighted by Gasteiger charge is -2.16. The molecule has 0 radical (unpaired) electrons. The summed E-state index contributed by atoms with van der Waals surface area (Å²) in [5, 5.41) is 9.54. The molecule has 0 saturated heterocycles. The highest BCUT2D eigenvalue weighted by atomic mass is 15.0. The Morgan fingerprint density at radius 2 is 0.940 bits per heavy atom. The van der Waals surface area contributed by atoms with Gasteiger partial charge in [0.15, 0.2) is 11.6 Å². The molecule has 0 bridgehead atoms. The van der Waals surface area contributed by atoms with Gasteiger partial charge in [-0.1, -0.05) is 140 Å². The van der Waals surface area contributed by atoms with E-state index < -0.39 is 0 Å². The van der Waals surface area contributed by atoms with Crippen molar-refractivity contribution in [2.75, 3.05) is 0 Å². The molecule has 0 N–H and O–H groups in total. The number of para-hydroxylation sites is 2. The zero-order valence-electron chi connectivity index (χ0n) is 27.2. The van der Waals surface area contributed by atoms with Crippen LogP contribution in [0.25, 0.3) is 82.6 Å². The van der Waals surface area contributed by atoms with Crippen molar-refractivity contribution in [1.82, 2.24) is 19.5 Å². The van der Waals surface area contributed by atoms with Crippen molar-refractivity contribution >= 4 is 54.1 Å². The van der Waals surface area contributed by atoms with Gasteiger partial charge in [-0.05, 0) is 68.2 Å². The summed E-state index contributed by atoms with van der Waals surface area (Å²) in [7, 11) is 0. The first-order valence-corrected chi connectivity index (χ1v) is 17.0. The molecule has 2 heterocycles. The van der Waals surface area contributed by atoms with Gasteiger partial charge in [-0.3, -0.25) is 0 Å². The maximum Gasteiger partial charge on any atom is 0.164 e. The Labute approximate surface area is 289 Å². The molecule has 2 aromatic heterocycles. The van der Waals surface area contributed by atoms with Gasteiger partial charge in [0, 0.05) is 28.3 Å². The maximum absolute atomic E-state index is 5.28. The monoisotopic (exact) mass is 638 g/mol. The van der Waals surface area contributed by atoms with Crippen LogP contribution in [-0.2, 0) is 6.42 Å². The standard InChI is InChI=1S/C46H30N4/c1-2-14-30(15-3-1)45-47-44(48-46(49-45)40-27-33-18-6-7-19-35(33)36-20-8-9-21-37(36)40)29-34-26-31-16-4-5-17-32(31)28-43(34)50-41-24-12-10-22-38(41)39-23-11-13-25-42(39)50/h1-28H,29H2. The smallest absolute Gasteiger partial charge is 0.164 e. The van der Waals surface area contributed by atoms with E-state index in [9.17, 15) is 0 Å². The Bertz CT molecular complexity index is 2850. The van der Waals surface area contributed by atoms with Gasteiger partial charge in [0.2, 0.25) is 0 Å². The summed E-state index contributed by atoms with van der Waals surface area (Å²) in [4.78, 5) is 15.6. The third-order valence-corrected chi connectivity index (χ3v) is 9.84. The molecule has 10 rings (SSSR count). The molecule has 234 valence electrons. The highest BCUT2D eigenvalue weighted by molar-refractivity contribution is 6.13. The molecule has 4 nitrogen and oxygen atoms in total. The fourth-order valence-electron chi connectivity index (χ4n) is 7.55. The molecule has 0 aliphatic carbocycles. The molecule has 0 aliphatic heterocycles. The van der Waals surface area contributed by atoms with Crippen molar-refractivity contribution in [3.8, 4) is 28.5 Å². The topological polar surface area (TPSA) is 43.6 Å². The third kappa shape index (κ3) is 4.65. The van der Waals surface area contributed by atoms with E-state index in [1.54, 1.807) is 0 Å². The fraction of sp³-hybridized carbons (Fsp3) is 0.0217. The van der Waals surface area contributed by atoms with Gasteiger partial charge in [0.25, 0.3) is 0 Å². The minimum Gasteiger partial charge on any atom is -0.309 e. The first-order valence-electron chi connectivity index (χ1n) is 17.0. The first-order chi connectivity index (χ1) is 24.8. The SMILES string of the molecule is c1ccc(-c2nc(Cc3cc4ccccc4cc3-n3c4ccccc4c4ccccc43)nc(-c3cc4ccccc4c4ccccc34)n2)cc1. The number of hydrogen-bond donors (Lipinski definition) is 0. The van der Waals surface area contributed by atoms with Crippen LogP contribution in [0.4, 0.5) is 0 Å². The second-order valence-corrected chi connectivity index (χ2v) is 12.8. The minimum absolute atomic E-state index is 0.530. The summed E-state index contributed by atoms with van der Waals surface area (Å²) < 4.78 is 2.41. The van der Waals surface area contributed by atoms with E-state index in [0.717, 1.165) is 39.0 Å². The van der Waals surface area contributed by atoms with Crippen LogP contribution in [0.15, 0.2) is 170 Å². The van der Waals surface area contributed by atoms with Crippen LogP contribution in [0.5, 0.6) is 0 Å². The molecule has 0 fully saturated rings. The van der Waals surface area contributed by atoms with Crippen LogP contribution >= 0.6 is 0 Å². The van der Waals surface area contributed by atoms with E-state index in [1.807, 2.05) is 18.2 Å². The van der Waals surface area contributed by atoms with E-state index in [4.69, 9.17) is 15.0 Å². The zero-order chi connectivity index (χ0) is 33.0. The zero-order valence-corrected chi connectivity index (χ0v) is 27.2. The Morgan fingerprint density at radius 1 is 0.400 bits per heavy atom. The first kappa shape index (κ1) is 28.4. The molecule has 0 atom stereocenters. The molecule has 0 spiro atoms. The fourth-order valence-corrected chi connectivity index (χ4v) is 7.55. The van der Waals surface area contributed by atoms with Gasteiger partial charge in [0.05, 0.1) is 16.7 Å². The minimum atomic E-state index is 0.530. The Morgan fingerprint density at radius 3 is 1.66 bits per heavy atom. The summed E-state index contributed by atoms with van der Waals surface area (Å²) in [6.07, 6.45) is 0.530. The molecule has 0 amide bonds. The maximum atomic E-state index is 5.28. The largest absolute Gasteiger partial charge is 0.309 e. The van der Waals surface area contributed by atoms with E-state index in [0.29, 0.717) is 18.1 Å². The summed E-state index contributed by atoms with van der Waals surface area (Å²) in [6.45, 7) is 0. The van der Waals surface area contributed by atoms with E-state index in [-0.39, 0.29) is 0 Å². The van der Waals surface area contributed by atoms with Crippen LogP contribution in [0.2, 0.25) is 0 Å². The van der Waals surface area contributed by atoms with Crippen molar-refractivity contribution in [3.05, 3.63) is 181 Å². The molecule has 8 aromatic carbocycles. The highest BCUT2D eigenvalue weighted by Gasteiger charge is 2.19. The lowest BCUT2D eigenvalue weighted by Crippen LogP contribution is -2.07. The van der Waals surface area contributed by atoms with Crippen LogP contribution in [0, 0.1) is 0 Å². The van der Waals surface area contributed by atoms with Crippen molar-refractivity contribution in [2.24, 2.45) is 0 Å². The molecular weight excluding hydrogens is 609 g/mol. The van der Waals surface area contributed by atoms with Gasteiger partial charge >= 0.3 is 0 Å². The van der Waals surface area contributed by atoms with Gasteiger partial charge in [-0.15, -0.1) is 0 Å². The molecule has 0 saturated carbocycles. The van der Waals surface area contributed by atoms with Crippen molar-refractivity contribution in [3.63, 3.8) is 0 Å². The Hall–Kier alpha value is -6.65. The molecule has 10 aromatic rings. The number of hydrogen-bond acceptors (Lipinski definition) is 3. The molecule has 0 unspecified atom stereocenters. The number of fused-ring (bicyclic) bond motifs is 7. The van der Waals surface area contributed by atoms with Gasteiger partial charge < -0.3 is 4.57 Å². The van der Waals surface area contributed by atoms with Gasteiger partial charge in [-0.2, -0.15) is 0 Å². The third-order valence-electron chi connectivity index (χ3n) is 9.84. The van der Waals surface area contributed by atoms with Crippen LogP contribution in [0.3, 0.4) is 0 Å². The summed E-state index contributed by atoms with van der Waals surface area (Å²) in [6, 6.07) is 60.1. The average Bonchev–Trinajstić information content (AvgIpc) is 3.52. The van der Waals surface area contributed by atoms with E-state index >= 15 is 0 Å². The summed E-state index contributed by atoms with van der Waals surface area (Å²) >= 11 is 0. The van der Waals surface area contributed by atoms with Gasteiger partial charge in [0.1, 0.15) is 5.82 Å². The molecule has 4 heteroatoms. The highest BCUT2D eigenvalue weighted by Crippen LogP contribution is 2.37. The molecular formula is C46H30N4. The number of benzene rings is 8.